The third kappa shape index (κ3) is 3.87. The van der Waals surface area contributed by atoms with E-state index in [4.69, 9.17) is 4.74 Å². The van der Waals surface area contributed by atoms with Crippen LogP contribution in [0.1, 0.15) is 36.0 Å². The predicted molar refractivity (Wildman–Crippen MR) is 99.0 cm³/mol. The maximum Gasteiger partial charge on any atom is 0.333 e. The fraction of sp³-hybridized carbons (Fsp3) is 0.350. The molecule has 1 aliphatic heterocycles. The Balaban J connectivity index is 1.66. The Morgan fingerprint density at radius 1 is 1.25 bits per heavy atom. The number of alkyl halides is 2. The van der Waals surface area contributed by atoms with E-state index in [1.807, 2.05) is 30.3 Å². The SMILES string of the molecule is O=C1Cc2cc3cnn(C(F)F)c3c(n2)CCCOC[C@H](c2ccccc2)N1. The molecule has 0 spiro atoms. The topological polar surface area (TPSA) is 69.0 Å². The first kappa shape index (κ1) is 18.5. The number of aromatic nitrogens is 3. The first-order valence-electron chi connectivity index (χ1n) is 9.18. The number of nitrogens with one attached hydrogen (secondary N) is 1. The molecule has 146 valence electrons. The standard InChI is InChI=1S/C20H20F2N4O2/c21-20(22)26-19-14(11-23-26)9-15-10-18(27)25-17(13-5-2-1-3-6-13)12-28-8-4-7-16(19)24-15/h1-3,5-6,9,11,17,20H,4,7-8,10,12H2,(H,25,27)/t17-/m1/s1. The summed E-state index contributed by atoms with van der Waals surface area (Å²) < 4.78 is 33.0. The van der Waals surface area contributed by atoms with E-state index in [0.29, 0.717) is 53.0 Å². The molecular weight excluding hydrogens is 366 g/mol. The molecule has 0 fully saturated rings. The van der Waals surface area contributed by atoms with E-state index in [-0.39, 0.29) is 18.4 Å². The van der Waals surface area contributed by atoms with Crippen LogP contribution in [0, 0.1) is 0 Å². The van der Waals surface area contributed by atoms with Crippen LogP contribution in [0.15, 0.2) is 42.6 Å². The van der Waals surface area contributed by atoms with Gasteiger partial charge in [-0.05, 0) is 24.5 Å². The van der Waals surface area contributed by atoms with Crippen LogP contribution in [0.2, 0.25) is 0 Å². The zero-order chi connectivity index (χ0) is 19.5. The molecule has 3 heterocycles. The molecule has 1 N–H and O–H groups in total. The summed E-state index contributed by atoms with van der Waals surface area (Å²) in [6, 6.07) is 11.0. The van der Waals surface area contributed by atoms with Gasteiger partial charge in [-0.2, -0.15) is 13.9 Å². The van der Waals surface area contributed by atoms with Gasteiger partial charge >= 0.3 is 6.55 Å². The predicted octanol–water partition coefficient (Wildman–Crippen LogP) is 3.19. The Morgan fingerprint density at radius 2 is 2.07 bits per heavy atom. The molecule has 8 heteroatoms. The van der Waals surface area contributed by atoms with Crippen molar-refractivity contribution in [3.05, 3.63) is 59.5 Å². The molecule has 0 saturated heterocycles. The van der Waals surface area contributed by atoms with Gasteiger partial charge in [0, 0.05) is 12.0 Å². The summed E-state index contributed by atoms with van der Waals surface area (Å²) >= 11 is 0. The molecule has 6 nitrogen and oxygen atoms in total. The van der Waals surface area contributed by atoms with Crippen molar-refractivity contribution in [2.24, 2.45) is 0 Å². The Kier molecular flexibility index (Phi) is 5.29. The average molecular weight is 386 g/mol. The second-order valence-corrected chi connectivity index (χ2v) is 6.75. The number of amides is 1. The highest BCUT2D eigenvalue weighted by molar-refractivity contribution is 5.84. The minimum Gasteiger partial charge on any atom is -0.379 e. The van der Waals surface area contributed by atoms with Gasteiger partial charge in [-0.1, -0.05) is 30.3 Å². The van der Waals surface area contributed by atoms with Crippen molar-refractivity contribution in [2.75, 3.05) is 13.2 Å². The summed E-state index contributed by atoms with van der Waals surface area (Å²) in [6.45, 7) is -1.95. The number of hydrogen-bond donors (Lipinski definition) is 1. The second kappa shape index (κ2) is 8.02. The summed E-state index contributed by atoms with van der Waals surface area (Å²) in [4.78, 5) is 17.1. The lowest BCUT2D eigenvalue weighted by atomic mass is 10.1. The Morgan fingerprint density at radius 3 is 2.86 bits per heavy atom. The van der Waals surface area contributed by atoms with E-state index in [9.17, 15) is 13.6 Å². The van der Waals surface area contributed by atoms with Crippen LogP contribution < -0.4 is 5.32 Å². The van der Waals surface area contributed by atoms with Gasteiger partial charge in [-0.3, -0.25) is 9.78 Å². The summed E-state index contributed by atoms with van der Waals surface area (Å²) in [7, 11) is 0. The zero-order valence-corrected chi connectivity index (χ0v) is 15.1. The molecule has 3 aromatic rings. The highest BCUT2D eigenvalue weighted by Crippen LogP contribution is 2.25. The van der Waals surface area contributed by atoms with E-state index in [1.54, 1.807) is 6.07 Å². The highest BCUT2D eigenvalue weighted by atomic mass is 19.3. The summed E-state index contributed by atoms with van der Waals surface area (Å²) in [5, 5.41) is 7.33. The normalized spacial score (nSPS) is 18.5. The third-order valence-electron chi connectivity index (χ3n) is 4.75. The van der Waals surface area contributed by atoms with Crippen LogP contribution in [0.25, 0.3) is 10.9 Å². The fourth-order valence-electron chi connectivity index (χ4n) is 3.49. The van der Waals surface area contributed by atoms with Gasteiger partial charge in [-0.15, -0.1) is 0 Å². The van der Waals surface area contributed by atoms with Crippen LogP contribution in [-0.4, -0.2) is 33.9 Å². The van der Waals surface area contributed by atoms with Gasteiger partial charge in [0.2, 0.25) is 5.91 Å². The number of carbonyl (C=O) groups is 1. The number of fused-ring (bicyclic) bond motifs is 4. The number of aryl methyl sites for hydroxylation is 1. The van der Waals surface area contributed by atoms with Crippen LogP contribution in [0.4, 0.5) is 8.78 Å². The van der Waals surface area contributed by atoms with E-state index in [1.165, 1.54) is 6.20 Å². The van der Waals surface area contributed by atoms with Crippen molar-refractivity contribution in [2.45, 2.75) is 31.9 Å². The Bertz CT molecular complexity index is 975. The minimum atomic E-state index is -2.74. The number of nitrogens with zero attached hydrogens (tertiary/aromatic N) is 3. The monoisotopic (exact) mass is 386 g/mol. The van der Waals surface area contributed by atoms with E-state index >= 15 is 0 Å². The Hall–Kier alpha value is -2.87. The summed E-state index contributed by atoms with van der Waals surface area (Å²) in [5.74, 6) is -0.197. The van der Waals surface area contributed by atoms with E-state index in [0.717, 1.165) is 5.56 Å². The quantitative estimate of drug-likeness (QED) is 0.735. The second-order valence-electron chi connectivity index (χ2n) is 6.75. The van der Waals surface area contributed by atoms with Crippen molar-refractivity contribution < 1.29 is 18.3 Å². The summed E-state index contributed by atoms with van der Waals surface area (Å²) in [5.41, 5.74) is 2.35. The van der Waals surface area contributed by atoms with Gasteiger partial charge in [-0.25, -0.2) is 4.68 Å². The lowest BCUT2D eigenvalue weighted by molar-refractivity contribution is -0.121. The molecule has 1 aromatic carbocycles. The molecule has 1 aliphatic rings. The molecule has 0 aliphatic carbocycles. The van der Waals surface area contributed by atoms with E-state index < -0.39 is 6.55 Å². The molecule has 28 heavy (non-hydrogen) atoms. The summed E-state index contributed by atoms with van der Waals surface area (Å²) in [6.07, 6.45) is 2.56. The number of ether oxygens (including phenoxy) is 1. The zero-order valence-electron chi connectivity index (χ0n) is 15.1. The first-order valence-corrected chi connectivity index (χ1v) is 9.18. The smallest absolute Gasteiger partial charge is 0.333 e. The maximum atomic E-state index is 13.3. The number of rotatable bonds is 2. The Labute approximate surface area is 160 Å². The molecule has 1 atom stereocenters. The van der Waals surface area contributed by atoms with Crippen molar-refractivity contribution in [1.29, 1.82) is 0 Å². The number of halogens is 2. The number of hydrogen-bond acceptors (Lipinski definition) is 4. The third-order valence-corrected chi connectivity index (χ3v) is 4.75. The van der Waals surface area contributed by atoms with Crippen LogP contribution >= 0.6 is 0 Å². The molecule has 0 radical (unpaired) electrons. The van der Waals surface area contributed by atoms with Gasteiger partial charge in [0.05, 0.1) is 42.2 Å². The molecule has 4 rings (SSSR count). The largest absolute Gasteiger partial charge is 0.379 e. The molecule has 0 saturated carbocycles. The van der Waals surface area contributed by atoms with Crippen molar-refractivity contribution in [1.82, 2.24) is 20.1 Å². The number of benzene rings is 1. The first-order chi connectivity index (χ1) is 13.6. The van der Waals surface area contributed by atoms with Crippen molar-refractivity contribution in [3.63, 3.8) is 0 Å². The van der Waals surface area contributed by atoms with Crippen molar-refractivity contribution in [3.8, 4) is 0 Å². The molecule has 2 aromatic heterocycles. The maximum absolute atomic E-state index is 13.3. The highest BCUT2D eigenvalue weighted by Gasteiger charge is 2.20. The van der Waals surface area contributed by atoms with Gasteiger partial charge in [0.15, 0.2) is 0 Å². The minimum absolute atomic E-state index is 0.0616. The van der Waals surface area contributed by atoms with Crippen LogP contribution in [0.5, 0.6) is 0 Å². The van der Waals surface area contributed by atoms with Gasteiger partial charge in [0.1, 0.15) is 0 Å². The van der Waals surface area contributed by atoms with Gasteiger partial charge in [0.25, 0.3) is 0 Å². The molecule has 0 unspecified atom stereocenters. The van der Waals surface area contributed by atoms with Crippen molar-refractivity contribution >= 4 is 16.8 Å². The molecular formula is C20H20F2N4O2. The lowest BCUT2D eigenvalue weighted by Crippen LogP contribution is -2.33. The van der Waals surface area contributed by atoms with Crippen LogP contribution in [0.3, 0.4) is 0 Å². The molecule has 1 amide bonds. The van der Waals surface area contributed by atoms with Crippen LogP contribution in [-0.2, 0) is 22.4 Å². The number of carbonyl (C=O) groups excluding carboxylic acids is 1. The number of pyridine rings is 1. The fourth-order valence-corrected chi connectivity index (χ4v) is 3.49. The average Bonchev–Trinajstić information content (AvgIpc) is 3.11. The van der Waals surface area contributed by atoms with E-state index in [2.05, 4.69) is 15.4 Å². The lowest BCUT2D eigenvalue weighted by Gasteiger charge is -2.20. The molecule has 2 bridgehead atoms. The van der Waals surface area contributed by atoms with Gasteiger partial charge < -0.3 is 10.1 Å².